The van der Waals surface area contributed by atoms with Crippen molar-refractivity contribution in [2.45, 2.75) is 12.1 Å². The highest BCUT2D eigenvalue weighted by Crippen LogP contribution is 2.25. The Morgan fingerprint density at radius 1 is 1.14 bits per heavy atom. The minimum atomic E-state index is -2.38. The number of nitrogens with zero attached hydrogens (tertiary/aromatic N) is 1. The molecule has 0 unspecified atom stereocenters. The van der Waals surface area contributed by atoms with E-state index in [4.69, 9.17) is 0 Å². The Kier molecular flexibility index (Phi) is 4.43. The van der Waals surface area contributed by atoms with E-state index in [0.29, 0.717) is 5.56 Å². The average molecular weight is 301 g/mol. The first-order chi connectivity index (χ1) is 10.4. The maximum absolute atomic E-state index is 11.3. The summed E-state index contributed by atoms with van der Waals surface area (Å²) in [7, 11) is 0. The van der Waals surface area contributed by atoms with E-state index in [-0.39, 0.29) is 23.5 Å². The van der Waals surface area contributed by atoms with Crippen LogP contribution in [-0.4, -0.2) is 32.6 Å². The number of carbonyl (C=O) groups is 1. The van der Waals surface area contributed by atoms with Gasteiger partial charge in [-0.25, -0.2) is 9.79 Å². The van der Waals surface area contributed by atoms with Crippen LogP contribution < -0.4 is 0 Å². The monoisotopic (exact) mass is 301 g/mol. The molecule has 6 heteroatoms. The van der Waals surface area contributed by atoms with Crippen molar-refractivity contribution in [3.63, 3.8) is 0 Å². The van der Waals surface area contributed by atoms with E-state index in [9.17, 15) is 25.2 Å². The summed E-state index contributed by atoms with van der Waals surface area (Å²) in [4.78, 5) is 15.1. The molecule has 2 aromatic rings. The summed E-state index contributed by atoms with van der Waals surface area (Å²) in [6.07, 6.45) is 1.32. The lowest BCUT2D eigenvalue weighted by molar-refractivity contribution is -0.158. The zero-order valence-corrected chi connectivity index (χ0v) is 11.5. The van der Waals surface area contributed by atoms with E-state index in [2.05, 4.69) is 4.99 Å². The van der Waals surface area contributed by atoms with E-state index in [1.54, 1.807) is 18.2 Å². The molecule has 0 amide bonds. The number of aliphatic carboxylic acids is 1. The average Bonchev–Trinajstić information content (AvgIpc) is 2.50. The summed E-state index contributed by atoms with van der Waals surface area (Å²) in [5.74, 6) is -1.71. The molecule has 0 radical (unpaired) electrons. The van der Waals surface area contributed by atoms with Crippen LogP contribution in [0.5, 0.6) is 11.5 Å². The molecule has 6 nitrogen and oxygen atoms in total. The first-order valence-electron chi connectivity index (χ1n) is 6.49. The van der Waals surface area contributed by atoms with E-state index in [0.717, 1.165) is 0 Å². The molecule has 0 heterocycles. The van der Waals surface area contributed by atoms with Gasteiger partial charge in [-0.2, -0.15) is 0 Å². The van der Waals surface area contributed by atoms with Crippen LogP contribution in [0.2, 0.25) is 0 Å². The van der Waals surface area contributed by atoms with Crippen LogP contribution in [0, 0.1) is 0 Å². The third-order valence-corrected chi connectivity index (χ3v) is 3.13. The Morgan fingerprint density at radius 2 is 1.82 bits per heavy atom. The van der Waals surface area contributed by atoms with Crippen LogP contribution in [0.4, 0.5) is 0 Å². The molecule has 0 saturated heterocycles. The fourth-order valence-corrected chi connectivity index (χ4v) is 1.92. The van der Waals surface area contributed by atoms with Gasteiger partial charge in [0, 0.05) is 24.3 Å². The number of aliphatic imine (C=N–C) groups is 1. The smallest absolute Gasteiger partial charge is 0.364 e. The summed E-state index contributed by atoms with van der Waals surface area (Å²) in [5, 5.41) is 38.3. The first-order valence-corrected chi connectivity index (χ1v) is 6.49. The SMILES string of the molecule is O=C(O)[C@@](O)(N=CCc1ccc(O)cc1O)c1ccccc1. The van der Waals surface area contributed by atoms with Crippen LogP contribution in [0.1, 0.15) is 11.1 Å². The minimum absolute atomic E-state index is 0.0792. The van der Waals surface area contributed by atoms with Crippen molar-refractivity contribution in [1.29, 1.82) is 0 Å². The molecule has 0 aliphatic carbocycles. The summed E-state index contributed by atoms with van der Waals surface area (Å²) in [6.45, 7) is 0. The number of phenols is 2. The summed E-state index contributed by atoms with van der Waals surface area (Å²) < 4.78 is 0. The topological polar surface area (TPSA) is 110 Å². The maximum atomic E-state index is 11.3. The molecule has 1 atom stereocenters. The van der Waals surface area contributed by atoms with Crippen molar-refractivity contribution in [1.82, 2.24) is 0 Å². The largest absolute Gasteiger partial charge is 0.508 e. The minimum Gasteiger partial charge on any atom is -0.508 e. The predicted molar refractivity (Wildman–Crippen MR) is 79.9 cm³/mol. The van der Waals surface area contributed by atoms with Gasteiger partial charge in [-0.05, 0) is 11.6 Å². The molecule has 2 rings (SSSR count). The van der Waals surface area contributed by atoms with Gasteiger partial charge in [0.2, 0.25) is 0 Å². The van der Waals surface area contributed by atoms with Crippen molar-refractivity contribution >= 4 is 12.2 Å². The predicted octanol–water partition coefficient (Wildman–Crippen LogP) is 1.64. The lowest BCUT2D eigenvalue weighted by atomic mass is 10.0. The van der Waals surface area contributed by atoms with Crippen molar-refractivity contribution in [3.05, 3.63) is 59.7 Å². The van der Waals surface area contributed by atoms with Gasteiger partial charge in [0.15, 0.2) is 0 Å². The van der Waals surface area contributed by atoms with E-state index in [1.165, 1.54) is 36.5 Å². The number of aliphatic hydroxyl groups is 1. The lowest BCUT2D eigenvalue weighted by Crippen LogP contribution is -2.33. The fourth-order valence-electron chi connectivity index (χ4n) is 1.92. The van der Waals surface area contributed by atoms with Crippen LogP contribution in [-0.2, 0) is 16.9 Å². The molecular weight excluding hydrogens is 286 g/mol. The third-order valence-electron chi connectivity index (χ3n) is 3.13. The van der Waals surface area contributed by atoms with Gasteiger partial charge in [-0.15, -0.1) is 0 Å². The normalized spacial score (nSPS) is 13.9. The number of carboxylic acids is 1. The Hall–Kier alpha value is -2.86. The molecule has 22 heavy (non-hydrogen) atoms. The summed E-state index contributed by atoms with van der Waals surface area (Å²) in [6, 6.07) is 11.9. The summed E-state index contributed by atoms with van der Waals surface area (Å²) >= 11 is 0. The van der Waals surface area contributed by atoms with Gasteiger partial charge in [-0.3, -0.25) is 0 Å². The van der Waals surface area contributed by atoms with Crippen molar-refractivity contribution in [3.8, 4) is 11.5 Å². The number of benzene rings is 2. The Balaban J connectivity index is 2.23. The van der Waals surface area contributed by atoms with Crippen molar-refractivity contribution in [2.24, 2.45) is 4.99 Å². The molecule has 0 aromatic heterocycles. The highest BCUT2D eigenvalue weighted by Gasteiger charge is 2.37. The molecule has 0 saturated carbocycles. The number of carboxylic acid groups (broad SMARTS) is 1. The van der Waals surface area contributed by atoms with E-state index in [1.807, 2.05) is 0 Å². The molecule has 0 spiro atoms. The number of hydrogen-bond donors (Lipinski definition) is 4. The lowest BCUT2D eigenvalue weighted by Gasteiger charge is -2.18. The number of rotatable bonds is 5. The van der Waals surface area contributed by atoms with Crippen molar-refractivity contribution in [2.75, 3.05) is 0 Å². The van der Waals surface area contributed by atoms with Gasteiger partial charge < -0.3 is 20.4 Å². The second-order valence-corrected chi connectivity index (χ2v) is 4.67. The van der Waals surface area contributed by atoms with Crippen LogP contribution in [0.15, 0.2) is 53.5 Å². The fraction of sp³-hybridized carbons (Fsp3) is 0.125. The van der Waals surface area contributed by atoms with Crippen LogP contribution in [0.25, 0.3) is 0 Å². The quantitative estimate of drug-likeness (QED) is 0.627. The third kappa shape index (κ3) is 3.24. The molecule has 4 N–H and O–H groups in total. The van der Waals surface area contributed by atoms with Crippen LogP contribution in [0.3, 0.4) is 0 Å². The van der Waals surface area contributed by atoms with Gasteiger partial charge >= 0.3 is 5.97 Å². The highest BCUT2D eigenvalue weighted by atomic mass is 16.4. The Morgan fingerprint density at radius 3 is 2.41 bits per heavy atom. The zero-order chi connectivity index (χ0) is 16.2. The number of aromatic hydroxyl groups is 2. The summed E-state index contributed by atoms with van der Waals surface area (Å²) in [5.41, 5.74) is -1.80. The highest BCUT2D eigenvalue weighted by molar-refractivity contribution is 5.81. The molecule has 114 valence electrons. The Bertz CT molecular complexity index is 699. The van der Waals surface area contributed by atoms with Gasteiger partial charge in [0.05, 0.1) is 0 Å². The molecule has 0 aliphatic rings. The maximum Gasteiger partial charge on any atom is 0.364 e. The molecule has 0 fully saturated rings. The van der Waals surface area contributed by atoms with Gasteiger partial charge in [0.25, 0.3) is 5.72 Å². The second-order valence-electron chi connectivity index (χ2n) is 4.67. The van der Waals surface area contributed by atoms with Crippen molar-refractivity contribution < 1.29 is 25.2 Å². The number of phenolic OH excluding ortho intramolecular Hbond substituents is 2. The molecule has 2 aromatic carbocycles. The molecular formula is C16H15NO5. The van der Waals surface area contributed by atoms with Crippen LogP contribution >= 0.6 is 0 Å². The van der Waals surface area contributed by atoms with E-state index < -0.39 is 11.7 Å². The first kappa shape index (κ1) is 15.5. The second kappa shape index (κ2) is 6.28. The zero-order valence-electron chi connectivity index (χ0n) is 11.5. The molecule has 0 bridgehead atoms. The standard InChI is InChI=1S/C16H15NO5/c18-13-7-6-11(14(19)10-13)8-9-17-16(22,15(20)21)12-4-2-1-3-5-12/h1-7,9-10,18-19,22H,8H2,(H,20,21)/t16-/m1/s1. The van der Waals surface area contributed by atoms with E-state index >= 15 is 0 Å². The molecule has 0 aliphatic heterocycles. The van der Waals surface area contributed by atoms with Gasteiger partial charge in [0.1, 0.15) is 11.5 Å². The van der Waals surface area contributed by atoms with Gasteiger partial charge in [-0.1, -0.05) is 36.4 Å². The number of hydrogen-bond acceptors (Lipinski definition) is 5. The Labute approximate surface area is 126 Å².